The number of halogens is 1. The number of amides is 1. The molecule has 0 radical (unpaired) electrons. The lowest BCUT2D eigenvalue weighted by Crippen LogP contribution is -2.23. The van der Waals surface area contributed by atoms with Gasteiger partial charge in [-0.05, 0) is 54.1 Å². The predicted octanol–water partition coefficient (Wildman–Crippen LogP) is 3.50. The van der Waals surface area contributed by atoms with Crippen LogP contribution >= 0.6 is 0 Å². The molecule has 5 rings (SSSR count). The van der Waals surface area contributed by atoms with Crippen molar-refractivity contribution in [2.24, 2.45) is 4.40 Å². The van der Waals surface area contributed by atoms with E-state index in [1.165, 1.54) is 18.5 Å². The number of nitrogens with one attached hydrogen (secondary N) is 2. The van der Waals surface area contributed by atoms with Crippen LogP contribution in [0.3, 0.4) is 0 Å². The lowest BCUT2D eigenvalue weighted by molar-refractivity contribution is 0.0951. The number of imidazole rings is 1. The number of amidine groups is 1. The molecule has 1 aliphatic heterocycles. The Morgan fingerprint density at radius 3 is 2.56 bits per heavy atom. The van der Waals surface area contributed by atoms with Gasteiger partial charge in [0, 0.05) is 35.8 Å². The zero-order valence-corrected chi connectivity index (χ0v) is 18.5. The van der Waals surface area contributed by atoms with E-state index in [0.29, 0.717) is 28.1 Å². The van der Waals surface area contributed by atoms with E-state index in [1.54, 1.807) is 71.6 Å². The molecule has 3 aromatic carbocycles. The molecule has 34 heavy (non-hydrogen) atoms. The smallest absolute Gasteiger partial charge is 0.285 e. The average molecular weight is 476 g/mol. The van der Waals surface area contributed by atoms with Gasteiger partial charge in [-0.1, -0.05) is 18.2 Å². The maximum Gasteiger partial charge on any atom is 0.285 e. The fraction of sp³-hybridized carbons (Fsp3) is 0.0417. The summed E-state index contributed by atoms with van der Waals surface area (Å²) in [4.78, 5) is 16.6. The van der Waals surface area contributed by atoms with Crippen molar-refractivity contribution in [2.45, 2.75) is 11.4 Å². The summed E-state index contributed by atoms with van der Waals surface area (Å²) >= 11 is 0. The molecule has 2 N–H and O–H groups in total. The first kappa shape index (κ1) is 21.5. The minimum absolute atomic E-state index is 0.156. The fourth-order valence-electron chi connectivity index (χ4n) is 3.59. The van der Waals surface area contributed by atoms with E-state index in [9.17, 15) is 17.6 Å². The second kappa shape index (κ2) is 8.56. The number of fused-ring (bicyclic) bond motifs is 1. The van der Waals surface area contributed by atoms with Gasteiger partial charge < -0.3 is 15.2 Å². The Bertz CT molecular complexity index is 1510. The number of hydrogen-bond donors (Lipinski definition) is 2. The van der Waals surface area contributed by atoms with Gasteiger partial charge >= 0.3 is 0 Å². The van der Waals surface area contributed by atoms with Crippen LogP contribution in [0.1, 0.15) is 21.5 Å². The van der Waals surface area contributed by atoms with Gasteiger partial charge in [0.2, 0.25) is 0 Å². The van der Waals surface area contributed by atoms with Crippen LogP contribution < -0.4 is 10.6 Å². The third-order valence-electron chi connectivity index (χ3n) is 5.29. The van der Waals surface area contributed by atoms with Crippen molar-refractivity contribution in [3.63, 3.8) is 0 Å². The van der Waals surface area contributed by atoms with E-state index in [4.69, 9.17) is 0 Å². The maximum absolute atomic E-state index is 14.4. The molecule has 0 spiro atoms. The normalized spacial score (nSPS) is 13.7. The minimum Gasteiger partial charge on any atom is -0.348 e. The first-order chi connectivity index (χ1) is 16.4. The van der Waals surface area contributed by atoms with E-state index in [1.807, 2.05) is 0 Å². The van der Waals surface area contributed by atoms with Crippen LogP contribution in [-0.4, -0.2) is 29.7 Å². The third-order valence-corrected chi connectivity index (χ3v) is 6.62. The second-order valence-corrected chi connectivity index (χ2v) is 9.12. The average Bonchev–Trinajstić information content (AvgIpc) is 3.45. The van der Waals surface area contributed by atoms with Crippen molar-refractivity contribution < 1.29 is 17.6 Å². The SMILES string of the molecule is O=C(NCc1ccc(-n2ccnc2)c(F)c1)c1ccc(NC2=NS(=O)(=O)c3ccccc32)cc1. The zero-order valence-electron chi connectivity index (χ0n) is 17.6. The number of benzene rings is 3. The quantitative estimate of drug-likeness (QED) is 0.460. The van der Waals surface area contributed by atoms with Gasteiger partial charge in [-0.15, -0.1) is 4.40 Å². The van der Waals surface area contributed by atoms with E-state index in [-0.39, 0.29) is 23.2 Å². The first-order valence-electron chi connectivity index (χ1n) is 10.3. The second-order valence-electron chi connectivity index (χ2n) is 7.55. The molecule has 4 aromatic rings. The number of carbonyl (C=O) groups is 1. The van der Waals surface area contributed by atoms with E-state index >= 15 is 0 Å². The fourth-order valence-corrected chi connectivity index (χ4v) is 4.77. The van der Waals surface area contributed by atoms with Crippen molar-refractivity contribution in [1.29, 1.82) is 0 Å². The van der Waals surface area contributed by atoms with Crippen LogP contribution in [0.15, 0.2) is 94.7 Å². The van der Waals surface area contributed by atoms with Crippen LogP contribution in [0.25, 0.3) is 5.69 Å². The number of nitrogens with zero attached hydrogens (tertiary/aromatic N) is 3. The van der Waals surface area contributed by atoms with Gasteiger partial charge in [-0.2, -0.15) is 8.42 Å². The van der Waals surface area contributed by atoms with Crippen LogP contribution in [0.5, 0.6) is 0 Å². The van der Waals surface area contributed by atoms with E-state index < -0.39 is 15.8 Å². The molecule has 0 saturated heterocycles. The Morgan fingerprint density at radius 1 is 1.03 bits per heavy atom. The van der Waals surface area contributed by atoms with E-state index in [2.05, 4.69) is 20.0 Å². The lowest BCUT2D eigenvalue weighted by Gasteiger charge is -2.10. The van der Waals surface area contributed by atoms with Gasteiger partial charge in [0.25, 0.3) is 15.9 Å². The molecule has 0 atom stereocenters. The molecule has 0 saturated carbocycles. The van der Waals surface area contributed by atoms with Crippen molar-refractivity contribution in [3.8, 4) is 5.69 Å². The monoisotopic (exact) mass is 475 g/mol. The Balaban J connectivity index is 1.23. The molecular weight excluding hydrogens is 457 g/mol. The molecule has 10 heteroatoms. The van der Waals surface area contributed by atoms with Gasteiger partial charge in [0.15, 0.2) is 5.84 Å². The molecule has 1 aromatic heterocycles. The number of rotatable bonds is 5. The Labute approximate surface area is 194 Å². The highest BCUT2D eigenvalue weighted by Crippen LogP contribution is 2.26. The molecular formula is C24H18FN5O3S. The zero-order chi connectivity index (χ0) is 23.7. The minimum atomic E-state index is -3.72. The van der Waals surface area contributed by atoms with Gasteiger partial charge in [-0.25, -0.2) is 9.37 Å². The predicted molar refractivity (Wildman–Crippen MR) is 125 cm³/mol. The summed E-state index contributed by atoms with van der Waals surface area (Å²) in [5.41, 5.74) is 2.47. The van der Waals surface area contributed by atoms with Crippen LogP contribution in [0.4, 0.5) is 10.1 Å². The molecule has 2 heterocycles. The van der Waals surface area contributed by atoms with Crippen LogP contribution in [-0.2, 0) is 16.6 Å². The molecule has 1 amide bonds. The molecule has 0 fully saturated rings. The summed E-state index contributed by atoms with van der Waals surface area (Å²) in [5, 5.41) is 5.76. The molecule has 170 valence electrons. The number of aromatic nitrogens is 2. The molecule has 1 aliphatic rings. The standard InChI is InChI=1S/C24H18FN5O3S/c25-20-13-16(5-10-21(20)30-12-11-26-15-30)14-27-24(31)17-6-8-18(9-7-17)28-23-19-3-1-2-4-22(19)34(32,33)29-23/h1-13,15H,14H2,(H,27,31)(H,28,29). The molecule has 0 unspecified atom stereocenters. The van der Waals surface area contributed by atoms with Crippen molar-refractivity contribution in [1.82, 2.24) is 14.9 Å². The number of carbonyl (C=O) groups excluding carboxylic acids is 1. The third kappa shape index (κ3) is 4.18. The summed E-state index contributed by atoms with van der Waals surface area (Å²) in [5.74, 6) is -0.510. The lowest BCUT2D eigenvalue weighted by atomic mass is 10.1. The van der Waals surface area contributed by atoms with Crippen molar-refractivity contribution in [2.75, 3.05) is 5.32 Å². The first-order valence-corrected chi connectivity index (χ1v) is 11.7. The Morgan fingerprint density at radius 2 is 1.82 bits per heavy atom. The van der Waals surface area contributed by atoms with Gasteiger partial charge in [-0.3, -0.25) is 4.79 Å². The number of sulfonamides is 1. The summed E-state index contributed by atoms with van der Waals surface area (Å²) in [6.07, 6.45) is 4.72. The number of hydrogen-bond acceptors (Lipinski definition) is 5. The highest BCUT2D eigenvalue weighted by atomic mass is 32.2. The summed E-state index contributed by atoms with van der Waals surface area (Å²) in [6, 6.07) is 17.8. The molecule has 0 bridgehead atoms. The van der Waals surface area contributed by atoms with Crippen molar-refractivity contribution >= 4 is 27.5 Å². The summed E-state index contributed by atoms with van der Waals surface area (Å²) in [6.45, 7) is 0.158. The van der Waals surface area contributed by atoms with Gasteiger partial charge in [0.05, 0.1) is 12.0 Å². The highest BCUT2D eigenvalue weighted by molar-refractivity contribution is 7.90. The van der Waals surface area contributed by atoms with Crippen LogP contribution in [0, 0.1) is 5.82 Å². The Hall–Kier alpha value is -4.31. The van der Waals surface area contributed by atoms with Gasteiger partial charge in [0.1, 0.15) is 10.7 Å². The topological polar surface area (TPSA) is 105 Å². The highest BCUT2D eigenvalue weighted by Gasteiger charge is 2.28. The number of anilines is 1. The van der Waals surface area contributed by atoms with Crippen molar-refractivity contribution in [3.05, 3.63) is 108 Å². The summed E-state index contributed by atoms with van der Waals surface area (Å²) in [7, 11) is -3.72. The largest absolute Gasteiger partial charge is 0.348 e. The summed E-state index contributed by atoms with van der Waals surface area (Å²) < 4.78 is 44.1. The molecule has 0 aliphatic carbocycles. The van der Waals surface area contributed by atoms with Crippen LogP contribution in [0.2, 0.25) is 0 Å². The van der Waals surface area contributed by atoms with E-state index in [0.717, 1.165) is 0 Å². The Kier molecular flexibility index (Phi) is 5.42. The maximum atomic E-state index is 14.4. The molecule has 8 nitrogen and oxygen atoms in total.